The summed E-state index contributed by atoms with van der Waals surface area (Å²) in [4.78, 5) is 12.3. The van der Waals surface area contributed by atoms with Crippen molar-refractivity contribution in [3.05, 3.63) is 42.2 Å². The molecule has 0 aromatic heterocycles. The van der Waals surface area contributed by atoms with E-state index in [4.69, 9.17) is 9.47 Å². The quantitative estimate of drug-likeness (QED) is 0.456. The van der Waals surface area contributed by atoms with Gasteiger partial charge < -0.3 is 14.8 Å². The summed E-state index contributed by atoms with van der Waals surface area (Å²) >= 11 is 0. The summed E-state index contributed by atoms with van der Waals surface area (Å²) in [7, 11) is 0. The number of ether oxygens (including phenoxy) is 2. The second kappa shape index (κ2) is 12.4. The van der Waals surface area contributed by atoms with Crippen molar-refractivity contribution in [2.24, 2.45) is 0 Å². The summed E-state index contributed by atoms with van der Waals surface area (Å²) < 4.78 is 11.1. The van der Waals surface area contributed by atoms with Gasteiger partial charge in [0.25, 0.3) is 5.91 Å². The Labute approximate surface area is 164 Å². The first-order valence-electron chi connectivity index (χ1n) is 10.6. The van der Waals surface area contributed by atoms with Crippen LogP contribution in [0.15, 0.2) is 36.6 Å². The highest BCUT2D eigenvalue weighted by Gasteiger charge is 2.22. The summed E-state index contributed by atoms with van der Waals surface area (Å²) in [6.45, 7) is 7.43. The monoisotopic (exact) mass is 373 g/mol. The van der Waals surface area contributed by atoms with Crippen LogP contribution < -0.4 is 10.1 Å². The fourth-order valence-electron chi connectivity index (χ4n) is 3.27. The molecule has 0 bridgehead atoms. The molecule has 1 aliphatic heterocycles. The Morgan fingerprint density at radius 1 is 1.07 bits per heavy atom. The van der Waals surface area contributed by atoms with Gasteiger partial charge in [-0.25, -0.2) is 0 Å². The van der Waals surface area contributed by atoms with Gasteiger partial charge in [0.2, 0.25) is 0 Å². The Bertz CT molecular complexity index is 567. The van der Waals surface area contributed by atoms with Crippen molar-refractivity contribution in [1.82, 2.24) is 5.32 Å². The van der Waals surface area contributed by atoms with Crippen molar-refractivity contribution in [2.75, 3.05) is 13.2 Å². The van der Waals surface area contributed by atoms with Gasteiger partial charge in [0.15, 0.2) is 0 Å². The molecule has 0 saturated carbocycles. The van der Waals surface area contributed by atoms with Crippen LogP contribution in [0.1, 0.15) is 81.5 Å². The highest BCUT2D eigenvalue weighted by atomic mass is 16.5. The van der Waals surface area contributed by atoms with Crippen LogP contribution in [0.2, 0.25) is 0 Å². The van der Waals surface area contributed by atoms with Crippen LogP contribution in [0.3, 0.4) is 0 Å². The van der Waals surface area contributed by atoms with Gasteiger partial charge in [-0.2, -0.15) is 0 Å². The van der Waals surface area contributed by atoms with E-state index in [2.05, 4.69) is 18.8 Å². The maximum Gasteiger partial charge on any atom is 0.251 e. The van der Waals surface area contributed by atoms with E-state index >= 15 is 0 Å². The Balaban J connectivity index is 1.56. The molecule has 4 nitrogen and oxygen atoms in total. The molecule has 2 rings (SSSR count). The zero-order valence-electron chi connectivity index (χ0n) is 16.8. The van der Waals surface area contributed by atoms with Gasteiger partial charge in [0.1, 0.15) is 11.5 Å². The van der Waals surface area contributed by atoms with E-state index in [-0.39, 0.29) is 11.9 Å². The Morgan fingerprint density at radius 2 is 1.70 bits per heavy atom. The third-order valence-corrected chi connectivity index (χ3v) is 5.02. The largest absolute Gasteiger partial charge is 0.496 e. The molecular weight excluding hydrogens is 338 g/mol. The minimum absolute atomic E-state index is 0.0833. The van der Waals surface area contributed by atoms with E-state index in [0.29, 0.717) is 17.9 Å². The molecule has 1 saturated heterocycles. The second-order valence-corrected chi connectivity index (χ2v) is 7.33. The molecule has 27 heavy (non-hydrogen) atoms. The van der Waals surface area contributed by atoms with Crippen molar-refractivity contribution in [3.63, 3.8) is 0 Å². The lowest BCUT2D eigenvalue weighted by Gasteiger charge is -2.12. The number of carbonyl (C=O) groups is 1. The molecule has 1 heterocycles. The highest BCUT2D eigenvalue weighted by molar-refractivity contribution is 5.94. The van der Waals surface area contributed by atoms with Crippen molar-refractivity contribution < 1.29 is 14.3 Å². The number of carbonyl (C=O) groups excluding carboxylic acids is 1. The lowest BCUT2D eigenvalue weighted by Crippen LogP contribution is -2.33. The Kier molecular flexibility index (Phi) is 9.81. The highest BCUT2D eigenvalue weighted by Crippen LogP contribution is 2.17. The number of hydrogen-bond acceptors (Lipinski definition) is 3. The zero-order valence-corrected chi connectivity index (χ0v) is 16.8. The van der Waals surface area contributed by atoms with Gasteiger partial charge in [-0.3, -0.25) is 4.79 Å². The average molecular weight is 374 g/mol. The maximum absolute atomic E-state index is 12.3. The molecule has 1 fully saturated rings. The van der Waals surface area contributed by atoms with Crippen LogP contribution >= 0.6 is 0 Å². The van der Waals surface area contributed by atoms with Crippen LogP contribution in [-0.2, 0) is 4.74 Å². The number of hydrogen-bond donors (Lipinski definition) is 1. The van der Waals surface area contributed by atoms with Gasteiger partial charge >= 0.3 is 0 Å². The average Bonchev–Trinajstić information content (AvgIpc) is 3.08. The summed E-state index contributed by atoms with van der Waals surface area (Å²) in [5.74, 6) is 1.36. The topological polar surface area (TPSA) is 47.6 Å². The van der Waals surface area contributed by atoms with E-state index < -0.39 is 0 Å². The number of unbranched alkanes of at least 4 members (excludes halogenated alkanes) is 8. The number of benzene rings is 1. The Hall–Kier alpha value is -1.97. The first-order chi connectivity index (χ1) is 13.2. The van der Waals surface area contributed by atoms with E-state index in [1.165, 1.54) is 51.4 Å². The molecule has 1 aromatic carbocycles. The Morgan fingerprint density at radius 3 is 2.30 bits per heavy atom. The van der Waals surface area contributed by atoms with Crippen LogP contribution in [0.25, 0.3) is 0 Å². The van der Waals surface area contributed by atoms with Crippen LogP contribution in [0.5, 0.6) is 5.75 Å². The van der Waals surface area contributed by atoms with Crippen molar-refractivity contribution in [2.45, 2.75) is 77.2 Å². The molecular formula is C23H35NO3. The van der Waals surface area contributed by atoms with Crippen molar-refractivity contribution in [3.8, 4) is 5.75 Å². The lowest BCUT2D eigenvalue weighted by atomic mass is 10.1. The van der Waals surface area contributed by atoms with Gasteiger partial charge in [-0.15, -0.1) is 0 Å². The van der Waals surface area contributed by atoms with Crippen molar-refractivity contribution >= 4 is 5.91 Å². The third-order valence-electron chi connectivity index (χ3n) is 5.02. The molecule has 150 valence electrons. The van der Waals surface area contributed by atoms with E-state index in [1.807, 2.05) is 12.1 Å². The molecule has 1 atom stereocenters. The van der Waals surface area contributed by atoms with Gasteiger partial charge in [-0.05, 0) is 30.7 Å². The van der Waals surface area contributed by atoms with Gasteiger partial charge in [-0.1, -0.05) is 64.9 Å². The fourth-order valence-corrected chi connectivity index (χ4v) is 3.27. The minimum Gasteiger partial charge on any atom is -0.496 e. The molecule has 0 radical (unpaired) electrons. The molecule has 0 spiro atoms. The number of amides is 1. The third kappa shape index (κ3) is 8.06. The SMILES string of the molecule is C=C1OCC[C@H]1NC(=O)c1ccc(OCCCCCCCCCCC)cc1. The van der Waals surface area contributed by atoms with Crippen LogP contribution in [-0.4, -0.2) is 25.2 Å². The first kappa shape index (κ1) is 21.3. The second-order valence-electron chi connectivity index (χ2n) is 7.33. The summed E-state index contributed by atoms with van der Waals surface area (Å²) in [6.07, 6.45) is 12.5. The van der Waals surface area contributed by atoms with Crippen molar-refractivity contribution in [1.29, 1.82) is 0 Å². The fraction of sp³-hybridized carbons (Fsp3) is 0.609. The minimum atomic E-state index is -0.0999. The molecule has 1 aromatic rings. The molecule has 0 unspecified atom stereocenters. The first-order valence-corrected chi connectivity index (χ1v) is 10.6. The predicted octanol–water partition coefficient (Wildman–Crippen LogP) is 5.63. The molecule has 1 aliphatic rings. The summed E-state index contributed by atoms with van der Waals surface area (Å²) in [6, 6.07) is 7.25. The molecule has 1 N–H and O–H groups in total. The van der Waals surface area contributed by atoms with E-state index in [9.17, 15) is 4.79 Å². The van der Waals surface area contributed by atoms with E-state index in [1.54, 1.807) is 12.1 Å². The maximum atomic E-state index is 12.3. The smallest absolute Gasteiger partial charge is 0.251 e. The van der Waals surface area contributed by atoms with E-state index in [0.717, 1.165) is 25.2 Å². The van der Waals surface area contributed by atoms with Gasteiger partial charge in [0, 0.05) is 12.0 Å². The standard InChI is InChI=1S/C23H35NO3/c1-3-4-5-6-7-8-9-10-11-17-27-21-14-12-20(13-15-21)23(25)24-22-16-18-26-19(22)2/h12-15,22H,2-11,16-18H2,1H3,(H,24,25)/t22-/m1/s1. The molecule has 4 heteroatoms. The van der Waals surface area contributed by atoms with Gasteiger partial charge in [0.05, 0.1) is 19.3 Å². The normalized spacial score (nSPS) is 16.2. The number of nitrogens with one attached hydrogen (secondary N) is 1. The molecule has 1 amide bonds. The summed E-state index contributed by atoms with van der Waals surface area (Å²) in [5, 5.41) is 2.95. The summed E-state index contributed by atoms with van der Waals surface area (Å²) in [5.41, 5.74) is 0.630. The molecule has 0 aliphatic carbocycles. The predicted molar refractivity (Wildman–Crippen MR) is 110 cm³/mol. The lowest BCUT2D eigenvalue weighted by molar-refractivity contribution is 0.0941. The zero-order chi connectivity index (χ0) is 19.3. The van der Waals surface area contributed by atoms with Crippen LogP contribution in [0, 0.1) is 0 Å². The van der Waals surface area contributed by atoms with Crippen LogP contribution in [0.4, 0.5) is 0 Å². The number of rotatable bonds is 13.